The van der Waals surface area contributed by atoms with Gasteiger partial charge in [-0.25, -0.2) is 0 Å². The van der Waals surface area contributed by atoms with Crippen LogP contribution in [0.2, 0.25) is 0 Å². The van der Waals surface area contributed by atoms with E-state index in [1.165, 1.54) is 5.56 Å². The third-order valence-electron chi connectivity index (χ3n) is 2.52. The monoisotopic (exact) mass is 230 g/mol. The van der Waals surface area contributed by atoms with E-state index in [4.69, 9.17) is 5.26 Å². The summed E-state index contributed by atoms with van der Waals surface area (Å²) in [5.41, 5.74) is 1.25. The van der Waals surface area contributed by atoms with Gasteiger partial charge in [0.15, 0.2) is 0 Å². The molecule has 0 saturated heterocycles. The average molecular weight is 230 g/mol. The molecule has 17 heavy (non-hydrogen) atoms. The number of carbonyl (C=O) groups is 1. The van der Waals surface area contributed by atoms with Crippen molar-refractivity contribution in [3.05, 3.63) is 35.9 Å². The normalized spacial score (nSPS) is 11.5. The Balaban J connectivity index is 2.19. The lowest BCUT2D eigenvalue weighted by molar-refractivity contribution is -0.121. The Morgan fingerprint density at radius 1 is 1.41 bits per heavy atom. The molecule has 1 aromatic carbocycles. The summed E-state index contributed by atoms with van der Waals surface area (Å²) in [6.07, 6.45) is 2.64. The highest BCUT2D eigenvalue weighted by atomic mass is 16.1. The van der Waals surface area contributed by atoms with Crippen molar-refractivity contribution < 1.29 is 4.79 Å². The van der Waals surface area contributed by atoms with E-state index in [1.807, 2.05) is 31.2 Å². The zero-order valence-electron chi connectivity index (χ0n) is 10.1. The van der Waals surface area contributed by atoms with Gasteiger partial charge in [-0.1, -0.05) is 30.3 Å². The molecule has 3 nitrogen and oxygen atoms in total. The molecule has 0 bridgehead atoms. The van der Waals surface area contributed by atoms with E-state index in [1.54, 1.807) is 0 Å². The van der Waals surface area contributed by atoms with Crippen LogP contribution >= 0.6 is 0 Å². The third kappa shape index (κ3) is 5.72. The predicted molar refractivity (Wildman–Crippen MR) is 67.2 cm³/mol. The summed E-state index contributed by atoms with van der Waals surface area (Å²) in [6.45, 7) is 1.85. The van der Waals surface area contributed by atoms with Gasteiger partial charge in [-0.3, -0.25) is 4.79 Å². The van der Waals surface area contributed by atoms with Gasteiger partial charge in [0.2, 0.25) is 5.91 Å². The van der Waals surface area contributed by atoms with Crippen molar-refractivity contribution in [3.8, 4) is 6.07 Å². The second kappa shape index (κ2) is 7.45. The number of nitrogens with zero attached hydrogens (tertiary/aromatic N) is 1. The fourth-order valence-corrected chi connectivity index (χ4v) is 1.63. The van der Waals surface area contributed by atoms with Crippen molar-refractivity contribution in [2.45, 2.75) is 38.6 Å². The minimum atomic E-state index is -0.0516. The van der Waals surface area contributed by atoms with Crippen molar-refractivity contribution in [1.82, 2.24) is 5.32 Å². The summed E-state index contributed by atoms with van der Waals surface area (Å²) in [5, 5.41) is 11.3. The first-order valence-electron chi connectivity index (χ1n) is 5.92. The van der Waals surface area contributed by atoms with Crippen molar-refractivity contribution >= 4 is 5.91 Å². The quantitative estimate of drug-likeness (QED) is 0.816. The molecule has 0 radical (unpaired) electrons. The number of carbonyl (C=O) groups excluding carboxylic acids is 1. The van der Waals surface area contributed by atoms with Gasteiger partial charge in [0.1, 0.15) is 0 Å². The number of nitriles is 1. The van der Waals surface area contributed by atoms with Gasteiger partial charge in [-0.2, -0.15) is 5.26 Å². The summed E-state index contributed by atoms with van der Waals surface area (Å²) in [4.78, 5) is 11.5. The number of aryl methyl sites for hydroxylation is 1. The van der Waals surface area contributed by atoms with Crippen molar-refractivity contribution in [2.24, 2.45) is 0 Å². The van der Waals surface area contributed by atoms with Crippen LogP contribution in [-0.4, -0.2) is 11.9 Å². The highest BCUT2D eigenvalue weighted by Gasteiger charge is 2.06. The summed E-state index contributed by atoms with van der Waals surface area (Å²) >= 11 is 0. The molecule has 1 unspecified atom stereocenters. The van der Waals surface area contributed by atoms with Gasteiger partial charge in [0, 0.05) is 12.5 Å². The number of hydrogen-bond acceptors (Lipinski definition) is 2. The number of nitrogens with one attached hydrogen (secondary N) is 1. The SMILES string of the molecule is CC(CC#N)NC(=O)CCCc1ccccc1. The Morgan fingerprint density at radius 3 is 2.76 bits per heavy atom. The summed E-state index contributed by atoms with van der Waals surface area (Å²) in [6, 6.07) is 12.1. The van der Waals surface area contributed by atoms with Gasteiger partial charge < -0.3 is 5.32 Å². The minimum Gasteiger partial charge on any atom is -0.353 e. The van der Waals surface area contributed by atoms with Crippen molar-refractivity contribution in [1.29, 1.82) is 5.26 Å². The van der Waals surface area contributed by atoms with Crippen LogP contribution in [0.25, 0.3) is 0 Å². The van der Waals surface area contributed by atoms with Crippen molar-refractivity contribution in [3.63, 3.8) is 0 Å². The van der Waals surface area contributed by atoms with Crippen LogP contribution < -0.4 is 5.32 Å². The Kier molecular flexibility index (Phi) is 5.81. The molecule has 0 fully saturated rings. The molecule has 0 aliphatic rings. The van der Waals surface area contributed by atoms with Crippen LogP contribution in [-0.2, 0) is 11.2 Å². The molecule has 0 saturated carbocycles. The van der Waals surface area contributed by atoms with Crippen LogP contribution in [0.4, 0.5) is 0 Å². The molecule has 1 atom stereocenters. The van der Waals surface area contributed by atoms with E-state index >= 15 is 0 Å². The number of rotatable bonds is 6. The zero-order valence-corrected chi connectivity index (χ0v) is 10.1. The van der Waals surface area contributed by atoms with E-state index in [9.17, 15) is 4.79 Å². The van der Waals surface area contributed by atoms with E-state index in [-0.39, 0.29) is 11.9 Å². The summed E-state index contributed by atoms with van der Waals surface area (Å²) < 4.78 is 0. The molecule has 90 valence electrons. The second-order valence-corrected chi connectivity index (χ2v) is 4.17. The molecule has 0 aliphatic heterocycles. The van der Waals surface area contributed by atoms with Gasteiger partial charge in [0.05, 0.1) is 12.5 Å². The molecule has 1 aromatic rings. The standard InChI is InChI=1S/C14H18N2O/c1-12(10-11-15)16-14(17)9-5-8-13-6-3-2-4-7-13/h2-4,6-7,12H,5,8-10H2,1H3,(H,16,17). The van der Waals surface area contributed by atoms with Gasteiger partial charge in [-0.05, 0) is 25.3 Å². The maximum Gasteiger partial charge on any atom is 0.220 e. The Labute approximate surface area is 102 Å². The number of benzene rings is 1. The molecule has 0 aromatic heterocycles. The first-order valence-corrected chi connectivity index (χ1v) is 5.92. The molecular formula is C14H18N2O. The number of hydrogen-bond donors (Lipinski definition) is 1. The van der Waals surface area contributed by atoms with Crippen LogP contribution in [0.5, 0.6) is 0 Å². The maximum atomic E-state index is 11.5. The molecule has 3 heteroatoms. The van der Waals surface area contributed by atoms with Crippen molar-refractivity contribution in [2.75, 3.05) is 0 Å². The molecule has 1 N–H and O–H groups in total. The first-order chi connectivity index (χ1) is 8.22. The number of amides is 1. The van der Waals surface area contributed by atoms with Gasteiger partial charge in [-0.15, -0.1) is 0 Å². The first kappa shape index (κ1) is 13.2. The lowest BCUT2D eigenvalue weighted by Gasteiger charge is -2.09. The van der Waals surface area contributed by atoms with E-state index in [0.717, 1.165) is 12.8 Å². The largest absolute Gasteiger partial charge is 0.353 e. The fourth-order valence-electron chi connectivity index (χ4n) is 1.63. The Bertz CT molecular complexity index is 381. The highest BCUT2D eigenvalue weighted by molar-refractivity contribution is 5.76. The van der Waals surface area contributed by atoms with Crippen LogP contribution in [0.3, 0.4) is 0 Å². The predicted octanol–water partition coefficient (Wildman–Crippen LogP) is 2.43. The van der Waals surface area contributed by atoms with Crippen LogP contribution in [0, 0.1) is 11.3 Å². The lowest BCUT2D eigenvalue weighted by atomic mass is 10.1. The maximum absolute atomic E-state index is 11.5. The molecular weight excluding hydrogens is 212 g/mol. The highest BCUT2D eigenvalue weighted by Crippen LogP contribution is 2.04. The molecule has 0 heterocycles. The smallest absolute Gasteiger partial charge is 0.220 e. The summed E-state index contributed by atoms with van der Waals surface area (Å²) in [7, 11) is 0. The Morgan fingerprint density at radius 2 is 2.12 bits per heavy atom. The van der Waals surface area contributed by atoms with E-state index < -0.39 is 0 Å². The summed E-state index contributed by atoms with van der Waals surface area (Å²) in [5.74, 6) is 0.0312. The Hall–Kier alpha value is -1.82. The molecule has 1 rings (SSSR count). The molecule has 0 aliphatic carbocycles. The van der Waals surface area contributed by atoms with E-state index in [0.29, 0.717) is 12.8 Å². The third-order valence-corrected chi connectivity index (χ3v) is 2.52. The zero-order chi connectivity index (χ0) is 12.5. The topological polar surface area (TPSA) is 52.9 Å². The molecule has 1 amide bonds. The van der Waals surface area contributed by atoms with Gasteiger partial charge in [0.25, 0.3) is 0 Å². The minimum absolute atomic E-state index is 0.0312. The molecule has 0 spiro atoms. The lowest BCUT2D eigenvalue weighted by Crippen LogP contribution is -2.31. The van der Waals surface area contributed by atoms with Crippen LogP contribution in [0.15, 0.2) is 30.3 Å². The van der Waals surface area contributed by atoms with Gasteiger partial charge >= 0.3 is 0 Å². The van der Waals surface area contributed by atoms with Crippen LogP contribution in [0.1, 0.15) is 31.7 Å². The fraction of sp³-hybridized carbons (Fsp3) is 0.429. The van der Waals surface area contributed by atoms with E-state index in [2.05, 4.69) is 17.4 Å². The average Bonchev–Trinajstić information content (AvgIpc) is 2.30. The second-order valence-electron chi connectivity index (χ2n) is 4.17.